The number of carbonyl (C=O) groups excluding carboxylic acids is 2. The first-order chi connectivity index (χ1) is 17.5. The summed E-state index contributed by atoms with van der Waals surface area (Å²) in [6.45, 7) is 1.96. The molecule has 1 N–H and O–H groups in total. The van der Waals surface area contributed by atoms with Crippen LogP contribution in [0.15, 0.2) is 42.5 Å². The quantitative estimate of drug-likeness (QED) is 0.305. The predicted octanol–water partition coefficient (Wildman–Crippen LogP) is 4.94. The normalized spacial score (nSPS) is 16.7. The van der Waals surface area contributed by atoms with Gasteiger partial charge in [0.05, 0.1) is 29.1 Å². The molecule has 37 heavy (non-hydrogen) atoms. The minimum Gasteiger partial charge on any atom is -0.493 e. The molecule has 1 aliphatic heterocycles. The molecule has 1 atom stereocenters. The molecule has 0 saturated heterocycles. The van der Waals surface area contributed by atoms with E-state index >= 15 is 0 Å². The molecule has 0 radical (unpaired) electrons. The molecule has 2 aromatic rings. The number of sulfonamides is 1. The Kier molecular flexibility index (Phi) is 7.94. The van der Waals surface area contributed by atoms with Gasteiger partial charge in [0, 0.05) is 12.6 Å². The maximum absolute atomic E-state index is 13.4. The number of ether oxygens (including phenoxy) is 1. The lowest BCUT2D eigenvalue weighted by molar-refractivity contribution is -0.139. The van der Waals surface area contributed by atoms with Gasteiger partial charge in [-0.2, -0.15) is 13.2 Å². The Bertz CT molecular complexity index is 1240. The van der Waals surface area contributed by atoms with Crippen LogP contribution >= 0.6 is 0 Å². The average Bonchev–Trinajstić information content (AvgIpc) is 3.64. The van der Waals surface area contributed by atoms with E-state index in [-0.39, 0.29) is 42.4 Å². The molecule has 7 nitrogen and oxygen atoms in total. The van der Waals surface area contributed by atoms with Gasteiger partial charge in [0.1, 0.15) is 5.75 Å². The highest BCUT2D eigenvalue weighted by atomic mass is 32.2. The summed E-state index contributed by atoms with van der Waals surface area (Å²) in [5.74, 6) is -0.916. The SMILES string of the molecule is C[C@H](NS(=O)(=O)CCCCCN1C(=O)c2ccccc2C1=O)c1ccc(C(F)(F)F)c(OCC2CC2)c1. The summed E-state index contributed by atoms with van der Waals surface area (Å²) >= 11 is 0. The predicted molar refractivity (Wildman–Crippen MR) is 131 cm³/mol. The molecule has 2 aromatic carbocycles. The lowest BCUT2D eigenvalue weighted by atomic mass is 10.1. The molecule has 4 rings (SSSR count). The third-order valence-corrected chi connectivity index (χ3v) is 8.05. The average molecular weight is 539 g/mol. The van der Waals surface area contributed by atoms with Crippen LogP contribution in [0.25, 0.3) is 0 Å². The van der Waals surface area contributed by atoms with Crippen LogP contribution in [0.1, 0.15) is 76.9 Å². The minimum atomic E-state index is -4.58. The number of benzene rings is 2. The highest BCUT2D eigenvalue weighted by molar-refractivity contribution is 7.89. The number of hydrogen-bond donors (Lipinski definition) is 1. The zero-order chi connectivity index (χ0) is 26.8. The van der Waals surface area contributed by atoms with Crippen LogP contribution in [-0.2, 0) is 16.2 Å². The Balaban J connectivity index is 1.27. The maximum atomic E-state index is 13.4. The Labute approximate surface area is 214 Å². The molecule has 0 bridgehead atoms. The summed E-state index contributed by atoms with van der Waals surface area (Å²) in [7, 11) is -3.72. The van der Waals surface area contributed by atoms with Gasteiger partial charge in [0.15, 0.2) is 0 Å². The lowest BCUT2D eigenvalue weighted by Crippen LogP contribution is -2.31. The van der Waals surface area contributed by atoms with Crippen molar-refractivity contribution in [3.05, 3.63) is 64.7 Å². The number of halogens is 3. The highest BCUT2D eigenvalue weighted by Gasteiger charge is 2.36. The highest BCUT2D eigenvalue weighted by Crippen LogP contribution is 2.39. The van der Waals surface area contributed by atoms with Crippen molar-refractivity contribution in [1.29, 1.82) is 0 Å². The van der Waals surface area contributed by atoms with Crippen LogP contribution in [0.5, 0.6) is 5.75 Å². The summed E-state index contributed by atoms with van der Waals surface area (Å²) in [6, 6.07) is 9.26. The van der Waals surface area contributed by atoms with Gasteiger partial charge in [0.2, 0.25) is 10.0 Å². The number of imide groups is 1. The largest absolute Gasteiger partial charge is 0.493 e. The van der Waals surface area contributed by atoms with E-state index in [0.717, 1.165) is 18.9 Å². The van der Waals surface area contributed by atoms with Crippen molar-refractivity contribution in [1.82, 2.24) is 9.62 Å². The van der Waals surface area contributed by atoms with E-state index in [1.165, 1.54) is 17.0 Å². The van der Waals surface area contributed by atoms with E-state index in [4.69, 9.17) is 4.74 Å². The molecule has 0 unspecified atom stereocenters. The van der Waals surface area contributed by atoms with E-state index in [1.807, 2.05) is 0 Å². The zero-order valence-electron chi connectivity index (χ0n) is 20.4. The lowest BCUT2D eigenvalue weighted by Gasteiger charge is -2.19. The van der Waals surface area contributed by atoms with Crippen molar-refractivity contribution in [2.75, 3.05) is 18.9 Å². The number of nitrogens with zero attached hydrogens (tertiary/aromatic N) is 1. The zero-order valence-corrected chi connectivity index (χ0v) is 21.2. The van der Waals surface area contributed by atoms with E-state index in [2.05, 4.69) is 4.72 Å². The second-order valence-corrected chi connectivity index (χ2v) is 11.4. The molecule has 1 saturated carbocycles. The van der Waals surface area contributed by atoms with Crippen molar-refractivity contribution >= 4 is 21.8 Å². The van der Waals surface area contributed by atoms with Crippen molar-refractivity contribution in [2.45, 2.75) is 51.2 Å². The topological polar surface area (TPSA) is 92.8 Å². The first-order valence-corrected chi connectivity index (χ1v) is 13.9. The van der Waals surface area contributed by atoms with Crippen LogP contribution in [0.3, 0.4) is 0 Å². The summed E-state index contributed by atoms with van der Waals surface area (Å²) in [4.78, 5) is 26.0. The number of carbonyl (C=O) groups is 2. The van der Waals surface area contributed by atoms with Crippen molar-refractivity contribution in [3.8, 4) is 5.75 Å². The Morgan fingerprint density at radius 2 is 1.68 bits per heavy atom. The molecule has 0 aromatic heterocycles. The standard InChI is InChI=1S/C26H29F3N2O5S/c1-17(19-11-12-22(26(27,28)29)23(15-19)36-16-18-9-10-18)30-37(34,35)14-6-2-5-13-31-24(32)20-7-3-4-8-21(20)25(31)33/h3-4,7-8,11-12,15,17-18,30H,2,5-6,9-10,13-14,16H2,1H3/t17-/m0/s1. The van der Waals surface area contributed by atoms with Gasteiger partial charge in [0.25, 0.3) is 11.8 Å². The summed E-state index contributed by atoms with van der Waals surface area (Å²) in [5.41, 5.74) is 0.230. The van der Waals surface area contributed by atoms with Gasteiger partial charge in [-0.15, -0.1) is 0 Å². The third-order valence-electron chi connectivity index (χ3n) is 6.51. The van der Waals surface area contributed by atoms with Crippen LogP contribution in [0.4, 0.5) is 13.2 Å². The van der Waals surface area contributed by atoms with Gasteiger partial charge in [-0.25, -0.2) is 13.1 Å². The van der Waals surface area contributed by atoms with Gasteiger partial charge < -0.3 is 4.74 Å². The first-order valence-electron chi connectivity index (χ1n) is 12.3. The molecule has 2 aliphatic rings. The van der Waals surface area contributed by atoms with Crippen molar-refractivity contribution < 1.29 is 35.9 Å². The van der Waals surface area contributed by atoms with Crippen molar-refractivity contribution in [3.63, 3.8) is 0 Å². The van der Waals surface area contributed by atoms with Crippen molar-refractivity contribution in [2.24, 2.45) is 5.92 Å². The fourth-order valence-electron chi connectivity index (χ4n) is 4.23. The minimum absolute atomic E-state index is 0.189. The summed E-state index contributed by atoms with van der Waals surface area (Å²) < 4.78 is 73.2. The van der Waals surface area contributed by atoms with E-state index < -0.39 is 27.8 Å². The van der Waals surface area contributed by atoms with Gasteiger partial charge in [-0.3, -0.25) is 14.5 Å². The van der Waals surface area contributed by atoms with Gasteiger partial charge >= 0.3 is 6.18 Å². The van der Waals surface area contributed by atoms with Crippen LogP contribution in [0.2, 0.25) is 0 Å². The number of rotatable bonds is 12. The second kappa shape index (κ2) is 10.8. The Morgan fingerprint density at radius 1 is 1.03 bits per heavy atom. The molecule has 1 aliphatic carbocycles. The Hall–Kier alpha value is -2.92. The number of nitrogens with one attached hydrogen (secondary N) is 1. The second-order valence-electron chi connectivity index (χ2n) is 9.53. The number of amides is 2. The van der Waals surface area contributed by atoms with E-state index in [9.17, 15) is 31.2 Å². The number of unbranched alkanes of at least 4 members (excludes halogenated alkanes) is 2. The van der Waals surface area contributed by atoms with Gasteiger partial charge in [-0.1, -0.05) is 24.6 Å². The molecule has 11 heteroatoms. The molecule has 1 heterocycles. The van der Waals surface area contributed by atoms with E-state index in [1.54, 1.807) is 31.2 Å². The van der Waals surface area contributed by atoms with Crippen LogP contribution in [-0.4, -0.2) is 44.0 Å². The van der Waals surface area contributed by atoms with Crippen LogP contribution in [0, 0.1) is 5.92 Å². The summed E-state index contributed by atoms with van der Waals surface area (Å²) in [6.07, 6.45) is -1.49. The molecule has 2 amide bonds. The molecular formula is C26H29F3N2O5S. The summed E-state index contributed by atoms with van der Waals surface area (Å²) in [5, 5.41) is 0. The fraction of sp³-hybridized carbons (Fsp3) is 0.462. The third kappa shape index (κ3) is 6.70. The monoisotopic (exact) mass is 538 g/mol. The van der Waals surface area contributed by atoms with E-state index in [0.29, 0.717) is 36.0 Å². The molecule has 0 spiro atoms. The molecule has 200 valence electrons. The maximum Gasteiger partial charge on any atom is 0.419 e. The number of hydrogen-bond acceptors (Lipinski definition) is 5. The number of alkyl halides is 3. The first kappa shape index (κ1) is 27.1. The fourth-order valence-corrected chi connectivity index (χ4v) is 5.61. The molecular weight excluding hydrogens is 509 g/mol. The smallest absolute Gasteiger partial charge is 0.419 e. The van der Waals surface area contributed by atoms with Crippen LogP contribution < -0.4 is 9.46 Å². The number of fused-ring (bicyclic) bond motifs is 1. The van der Waals surface area contributed by atoms with Gasteiger partial charge in [-0.05, 0) is 68.4 Å². The molecule has 1 fully saturated rings. The Morgan fingerprint density at radius 3 is 2.27 bits per heavy atom.